The molecule has 2 N–H and O–H groups in total. The highest BCUT2D eigenvalue weighted by atomic mass is 32.2. The number of hydrogen-bond acceptors (Lipinski definition) is 5. The number of nitrogens with one attached hydrogen (secondary N) is 2. The second kappa shape index (κ2) is 8.78. The predicted molar refractivity (Wildman–Crippen MR) is 94.8 cm³/mol. The molecular formula is C17H20FN3O5S. The number of rotatable bonds is 8. The topological polar surface area (TPSA) is 106 Å². The van der Waals surface area contributed by atoms with Crippen molar-refractivity contribution in [2.24, 2.45) is 7.05 Å². The Bertz CT molecular complexity index is 923. The smallest absolute Gasteiger partial charge is 0.354 e. The first-order chi connectivity index (χ1) is 12.7. The Morgan fingerprint density at radius 2 is 1.89 bits per heavy atom. The van der Waals surface area contributed by atoms with Gasteiger partial charge in [-0.1, -0.05) is 12.1 Å². The third kappa shape index (κ3) is 5.63. The van der Waals surface area contributed by atoms with Crippen molar-refractivity contribution in [3.63, 3.8) is 0 Å². The minimum atomic E-state index is -3.98. The van der Waals surface area contributed by atoms with Crippen LogP contribution in [0, 0.1) is 5.82 Å². The number of carbonyl (C=O) groups excluding carboxylic acids is 2. The lowest BCUT2D eigenvalue weighted by atomic mass is 10.2. The largest absolute Gasteiger partial charge is 0.461 e. The number of sulfonamides is 1. The van der Waals surface area contributed by atoms with Crippen LogP contribution in [0.4, 0.5) is 4.39 Å². The lowest BCUT2D eigenvalue weighted by Gasteiger charge is -2.07. The molecule has 0 aliphatic rings. The van der Waals surface area contributed by atoms with Crippen molar-refractivity contribution in [3.05, 3.63) is 53.6 Å². The average Bonchev–Trinajstić information content (AvgIpc) is 3.02. The molecule has 8 nitrogen and oxygen atoms in total. The van der Waals surface area contributed by atoms with E-state index in [9.17, 15) is 22.4 Å². The molecule has 0 aliphatic heterocycles. The summed E-state index contributed by atoms with van der Waals surface area (Å²) in [5.74, 6) is -1.58. The zero-order chi connectivity index (χ0) is 20.0. The number of hydrogen-bond donors (Lipinski definition) is 2. The van der Waals surface area contributed by atoms with Gasteiger partial charge in [0.25, 0.3) is 0 Å². The van der Waals surface area contributed by atoms with Gasteiger partial charge in [-0.05, 0) is 30.7 Å². The third-order valence-electron chi connectivity index (χ3n) is 3.60. The Morgan fingerprint density at radius 1 is 1.22 bits per heavy atom. The first kappa shape index (κ1) is 20.6. The van der Waals surface area contributed by atoms with Crippen molar-refractivity contribution in [1.29, 1.82) is 0 Å². The van der Waals surface area contributed by atoms with Crippen LogP contribution in [0.3, 0.4) is 0 Å². The third-order valence-corrected chi connectivity index (χ3v) is 4.97. The van der Waals surface area contributed by atoms with Crippen molar-refractivity contribution in [3.8, 4) is 0 Å². The minimum absolute atomic E-state index is 0.0815. The number of esters is 1. The molecule has 146 valence electrons. The Kier molecular flexibility index (Phi) is 6.70. The number of ether oxygens (including phenoxy) is 1. The van der Waals surface area contributed by atoms with E-state index in [-0.39, 0.29) is 29.6 Å². The minimum Gasteiger partial charge on any atom is -0.461 e. The van der Waals surface area contributed by atoms with Gasteiger partial charge in [-0.3, -0.25) is 4.79 Å². The molecule has 0 saturated heterocycles. The summed E-state index contributed by atoms with van der Waals surface area (Å²) in [6.07, 6.45) is 1.25. The van der Waals surface area contributed by atoms with Crippen LogP contribution in [0.15, 0.2) is 41.4 Å². The Hall–Kier alpha value is -2.72. The molecule has 2 rings (SSSR count). The number of carbonyl (C=O) groups is 2. The van der Waals surface area contributed by atoms with Gasteiger partial charge < -0.3 is 14.6 Å². The zero-order valence-electron chi connectivity index (χ0n) is 14.9. The van der Waals surface area contributed by atoms with E-state index in [1.807, 2.05) is 0 Å². The highest BCUT2D eigenvalue weighted by molar-refractivity contribution is 7.89. The monoisotopic (exact) mass is 397 g/mol. The summed E-state index contributed by atoms with van der Waals surface area (Å²) in [6, 6.07) is 6.74. The van der Waals surface area contributed by atoms with Crippen molar-refractivity contribution in [2.45, 2.75) is 18.4 Å². The van der Waals surface area contributed by atoms with Crippen LogP contribution in [-0.2, 0) is 33.1 Å². The normalized spacial score (nSPS) is 11.2. The van der Waals surface area contributed by atoms with E-state index < -0.39 is 28.4 Å². The Morgan fingerprint density at radius 3 is 2.52 bits per heavy atom. The number of halogens is 1. The summed E-state index contributed by atoms with van der Waals surface area (Å²) in [6.45, 7) is 1.47. The quantitative estimate of drug-likeness (QED) is 0.645. The summed E-state index contributed by atoms with van der Waals surface area (Å²) in [5.41, 5.74) is 0.757. The fraction of sp³-hybridized carbons (Fsp3) is 0.294. The molecule has 0 aliphatic carbocycles. The van der Waals surface area contributed by atoms with Crippen LogP contribution < -0.4 is 10.0 Å². The van der Waals surface area contributed by atoms with Gasteiger partial charge in [-0.25, -0.2) is 22.3 Å². The van der Waals surface area contributed by atoms with Gasteiger partial charge in [0.15, 0.2) is 0 Å². The maximum absolute atomic E-state index is 12.8. The van der Waals surface area contributed by atoms with Gasteiger partial charge in [0.2, 0.25) is 15.9 Å². The number of aryl methyl sites for hydroxylation is 1. The molecule has 0 unspecified atom stereocenters. The van der Waals surface area contributed by atoms with Crippen LogP contribution in [0.1, 0.15) is 23.0 Å². The molecule has 0 fully saturated rings. The number of amides is 1. The van der Waals surface area contributed by atoms with Crippen LogP contribution in [0.5, 0.6) is 0 Å². The molecule has 0 bridgehead atoms. The molecule has 2 aromatic rings. The number of benzene rings is 1. The fourth-order valence-electron chi connectivity index (χ4n) is 2.20. The molecule has 0 saturated carbocycles. The summed E-state index contributed by atoms with van der Waals surface area (Å²) >= 11 is 0. The molecule has 10 heteroatoms. The van der Waals surface area contributed by atoms with Crippen molar-refractivity contribution < 1.29 is 27.1 Å². The van der Waals surface area contributed by atoms with Crippen molar-refractivity contribution in [1.82, 2.24) is 14.6 Å². The molecule has 1 amide bonds. The molecule has 0 radical (unpaired) electrons. The first-order valence-corrected chi connectivity index (χ1v) is 9.55. The number of aromatic nitrogens is 1. The summed E-state index contributed by atoms with van der Waals surface area (Å²) < 4.78 is 45.8. The lowest BCUT2D eigenvalue weighted by Crippen LogP contribution is -2.36. The molecular weight excluding hydrogens is 377 g/mol. The van der Waals surface area contributed by atoms with Gasteiger partial charge in [-0.2, -0.15) is 0 Å². The zero-order valence-corrected chi connectivity index (χ0v) is 15.7. The second-order valence-corrected chi connectivity index (χ2v) is 7.39. The maximum Gasteiger partial charge on any atom is 0.354 e. The SMILES string of the molecule is CCOC(=O)c1cc(S(=O)(=O)NCC(=O)NCc2ccc(F)cc2)cn1C. The van der Waals surface area contributed by atoms with E-state index >= 15 is 0 Å². The number of nitrogens with zero attached hydrogens (tertiary/aromatic N) is 1. The van der Waals surface area contributed by atoms with Gasteiger partial charge in [0, 0.05) is 19.8 Å². The molecule has 0 spiro atoms. The van der Waals surface area contributed by atoms with Crippen LogP contribution >= 0.6 is 0 Å². The summed E-state index contributed by atoms with van der Waals surface area (Å²) in [7, 11) is -2.47. The summed E-state index contributed by atoms with van der Waals surface area (Å²) in [4.78, 5) is 23.4. The highest BCUT2D eigenvalue weighted by Crippen LogP contribution is 2.14. The van der Waals surface area contributed by atoms with E-state index in [2.05, 4.69) is 10.0 Å². The van der Waals surface area contributed by atoms with Gasteiger partial charge >= 0.3 is 5.97 Å². The van der Waals surface area contributed by atoms with E-state index in [1.54, 1.807) is 6.92 Å². The van der Waals surface area contributed by atoms with Crippen molar-refractivity contribution >= 4 is 21.9 Å². The molecule has 1 heterocycles. The van der Waals surface area contributed by atoms with Gasteiger partial charge in [0.1, 0.15) is 16.4 Å². The van der Waals surface area contributed by atoms with E-state index in [4.69, 9.17) is 4.74 Å². The predicted octanol–water partition coefficient (Wildman–Crippen LogP) is 0.936. The average molecular weight is 397 g/mol. The molecule has 27 heavy (non-hydrogen) atoms. The Labute approximate surface area is 156 Å². The van der Waals surface area contributed by atoms with Crippen LogP contribution in [0.2, 0.25) is 0 Å². The lowest BCUT2D eigenvalue weighted by molar-refractivity contribution is -0.120. The second-order valence-electron chi connectivity index (χ2n) is 5.62. The maximum atomic E-state index is 12.8. The van der Waals surface area contributed by atoms with E-state index in [0.29, 0.717) is 5.56 Å². The highest BCUT2D eigenvalue weighted by Gasteiger charge is 2.21. The Balaban J connectivity index is 1.94. The van der Waals surface area contributed by atoms with E-state index in [1.165, 1.54) is 48.1 Å². The van der Waals surface area contributed by atoms with E-state index in [0.717, 1.165) is 0 Å². The summed E-state index contributed by atoms with van der Waals surface area (Å²) in [5, 5.41) is 2.53. The fourth-order valence-corrected chi connectivity index (χ4v) is 3.25. The van der Waals surface area contributed by atoms with Gasteiger partial charge in [0.05, 0.1) is 13.2 Å². The molecule has 1 aromatic heterocycles. The van der Waals surface area contributed by atoms with Crippen LogP contribution in [-0.4, -0.2) is 38.0 Å². The van der Waals surface area contributed by atoms with Gasteiger partial charge in [-0.15, -0.1) is 0 Å². The standard InChI is InChI=1S/C17H20FN3O5S/c1-3-26-17(23)15-8-14(11-21(15)2)27(24,25)20-10-16(22)19-9-12-4-6-13(18)7-5-12/h4-8,11,20H,3,9-10H2,1-2H3,(H,19,22). The van der Waals surface area contributed by atoms with Crippen molar-refractivity contribution in [2.75, 3.05) is 13.2 Å². The molecule has 0 atom stereocenters. The first-order valence-electron chi connectivity index (χ1n) is 8.07. The van der Waals surface area contributed by atoms with Crippen LogP contribution in [0.25, 0.3) is 0 Å². The molecule has 1 aromatic carbocycles.